The topological polar surface area (TPSA) is 9.23 Å². The van der Waals surface area contributed by atoms with Gasteiger partial charge in [-0.05, 0) is 10.7 Å². The zero-order valence-corrected chi connectivity index (χ0v) is 6.53. The molecule has 0 unspecified atom stereocenters. The second-order valence-electron chi connectivity index (χ2n) is 0.745. The van der Waals surface area contributed by atoms with E-state index in [0.717, 1.165) is 0 Å². The van der Waals surface area contributed by atoms with Crippen molar-refractivity contribution in [2.45, 2.75) is 3.85 Å². The summed E-state index contributed by atoms with van der Waals surface area (Å²) in [5, 5.41) is 0. The molecule has 0 aliphatic rings. The molecule has 0 fully saturated rings. The number of hydrogen-bond donors (Lipinski definition) is 0. The van der Waals surface area contributed by atoms with Gasteiger partial charge < -0.3 is 4.74 Å². The quantitative estimate of drug-likeness (QED) is 0.478. The maximum atomic E-state index is 5.28. The van der Waals surface area contributed by atoms with Crippen LogP contribution in [0.25, 0.3) is 0 Å². The van der Waals surface area contributed by atoms with Crippen LogP contribution in [0.2, 0.25) is 0 Å². The standard InChI is InChI=1S/C2H3Cl3OS/c1-6-2(3,4)7-5/h1H3. The molecule has 0 aliphatic heterocycles. The molecule has 0 atom stereocenters. The summed E-state index contributed by atoms with van der Waals surface area (Å²) < 4.78 is 3.16. The Balaban J connectivity index is 3.36. The van der Waals surface area contributed by atoms with Gasteiger partial charge in [0.1, 0.15) is 0 Å². The van der Waals surface area contributed by atoms with Gasteiger partial charge in [0.05, 0.1) is 0 Å². The summed E-state index contributed by atoms with van der Waals surface area (Å²) in [5.41, 5.74) is 0. The largest absolute Gasteiger partial charge is 0.341 e. The molecular weight excluding hydrogens is 178 g/mol. The van der Waals surface area contributed by atoms with Crippen LogP contribution in [0.15, 0.2) is 0 Å². The molecule has 0 aromatic rings. The van der Waals surface area contributed by atoms with Crippen LogP contribution in [0.1, 0.15) is 0 Å². The van der Waals surface area contributed by atoms with Crippen LogP contribution < -0.4 is 0 Å². The van der Waals surface area contributed by atoms with Crippen molar-refractivity contribution in [3.8, 4) is 0 Å². The predicted octanol–water partition coefficient (Wildman–Crippen LogP) is 2.61. The number of rotatable bonds is 2. The third kappa shape index (κ3) is 3.74. The Hall–Kier alpha value is 1.18. The first-order valence-corrected chi connectivity index (χ1v) is 3.75. The van der Waals surface area contributed by atoms with E-state index in [1.165, 1.54) is 7.11 Å². The van der Waals surface area contributed by atoms with Crippen LogP contribution >= 0.6 is 44.9 Å². The van der Waals surface area contributed by atoms with Gasteiger partial charge in [-0.2, -0.15) is 0 Å². The van der Waals surface area contributed by atoms with Gasteiger partial charge in [0.2, 0.25) is 0 Å². The van der Waals surface area contributed by atoms with Gasteiger partial charge in [0.15, 0.2) is 0 Å². The van der Waals surface area contributed by atoms with Crippen molar-refractivity contribution in [1.82, 2.24) is 0 Å². The zero-order valence-electron chi connectivity index (χ0n) is 3.45. The average molecular weight is 181 g/mol. The minimum atomic E-state index is -1.29. The molecule has 0 saturated carbocycles. The second-order valence-corrected chi connectivity index (χ2v) is 3.64. The molecule has 0 spiro atoms. The lowest BCUT2D eigenvalue weighted by molar-refractivity contribution is 0.202. The first-order valence-electron chi connectivity index (χ1n) is 1.35. The number of ether oxygens (including phenoxy) is 1. The van der Waals surface area contributed by atoms with Crippen LogP contribution in [-0.4, -0.2) is 11.0 Å². The van der Waals surface area contributed by atoms with E-state index in [9.17, 15) is 0 Å². The van der Waals surface area contributed by atoms with E-state index in [4.69, 9.17) is 33.9 Å². The van der Waals surface area contributed by atoms with Crippen molar-refractivity contribution in [2.24, 2.45) is 0 Å². The lowest BCUT2D eigenvalue weighted by Gasteiger charge is -2.09. The van der Waals surface area contributed by atoms with Gasteiger partial charge >= 0.3 is 0 Å². The van der Waals surface area contributed by atoms with Crippen molar-refractivity contribution in [3.63, 3.8) is 0 Å². The highest BCUT2D eigenvalue weighted by Crippen LogP contribution is 2.37. The summed E-state index contributed by atoms with van der Waals surface area (Å²) >= 11 is 10.6. The van der Waals surface area contributed by atoms with E-state index in [1.807, 2.05) is 0 Å². The summed E-state index contributed by atoms with van der Waals surface area (Å²) in [7, 11) is 7.20. The second kappa shape index (κ2) is 3.25. The van der Waals surface area contributed by atoms with Gasteiger partial charge in [-0.3, -0.25) is 0 Å². The van der Waals surface area contributed by atoms with E-state index in [2.05, 4.69) is 4.74 Å². The maximum absolute atomic E-state index is 5.28. The summed E-state index contributed by atoms with van der Waals surface area (Å²) in [4.78, 5) is 0. The molecule has 7 heavy (non-hydrogen) atoms. The highest BCUT2D eigenvalue weighted by molar-refractivity contribution is 8.23. The SMILES string of the molecule is COC(Cl)(Cl)SCl. The minimum Gasteiger partial charge on any atom is -0.341 e. The summed E-state index contributed by atoms with van der Waals surface area (Å²) in [5.74, 6) is 0. The Morgan fingerprint density at radius 1 is 1.57 bits per heavy atom. The Morgan fingerprint density at radius 2 is 2.00 bits per heavy atom. The maximum Gasteiger partial charge on any atom is 0.281 e. The van der Waals surface area contributed by atoms with E-state index in [-0.39, 0.29) is 0 Å². The van der Waals surface area contributed by atoms with Crippen LogP contribution in [0.3, 0.4) is 0 Å². The number of methoxy groups -OCH3 is 1. The molecule has 0 radical (unpaired) electrons. The van der Waals surface area contributed by atoms with Gasteiger partial charge in [-0.15, -0.1) is 0 Å². The van der Waals surface area contributed by atoms with E-state index in [0.29, 0.717) is 11.0 Å². The Labute approximate surface area is 60.8 Å². The van der Waals surface area contributed by atoms with Crippen molar-refractivity contribution in [3.05, 3.63) is 0 Å². The Kier molecular flexibility index (Phi) is 3.80. The zero-order chi connectivity index (χ0) is 5.91. The number of hydrogen-bond acceptors (Lipinski definition) is 2. The molecule has 44 valence electrons. The highest BCUT2D eigenvalue weighted by Gasteiger charge is 2.21. The van der Waals surface area contributed by atoms with E-state index >= 15 is 0 Å². The van der Waals surface area contributed by atoms with Gasteiger partial charge in [-0.25, -0.2) is 0 Å². The third-order valence-electron chi connectivity index (χ3n) is 0.327. The normalized spacial score (nSPS) is 12.0. The van der Waals surface area contributed by atoms with Crippen LogP contribution in [0.4, 0.5) is 0 Å². The number of halogens is 3. The lowest BCUT2D eigenvalue weighted by atomic mass is 11.5. The summed E-state index contributed by atoms with van der Waals surface area (Å²) in [6, 6.07) is 0. The monoisotopic (exact) mass is 180 g/mol. The average Bonchev–Trinajstić information content (AvgIpc) is 1.68. The summed E-state index contributed by atoms with van der Waals surface area (Å²) in [6.07, 6.45) is 0. The predicted molar refractivity (Wildman–Crippen MR) is 34.9 cm³/mol. The molecule has 1 nitrogen and oxygen atoms in total. The molecule has 0 rings (SSSR count). The third-order valence-corrected chi connectivity index (χ3v) is 2.57. The highest BCUT2D eigenvalue weighted by atomic mass is 35.7. The molecule has 0 aliphatic carbocycles. The van der Waals surface area contributed by atoms with Crippen LogP contribution in [-0.2, 0) is 4.74 Å². The molecule has 0 amide bonds. The molecule has 0 bridgehead atoms. The van der Waals surface area contributed by atoms with Gasteiger partial charge in [-0.1, -0.05) is 23.2 Å². The fourth-order valence-electron chi connectivity index (χ4n) is 0.0315. The van der Waals surface area contributed by atoms with E-state index < -0.39 is 3.85 Å². The molecule has 0 aromatic carbocycles. The Morgan fingerprint density at radius 3 is 2.00 bits per heavy atom. The smallest absolute Gasteiger partial charge is 0.281 e. The molecular formula is C2H3Cl3OS. The first kappa shape index (κ1) is 8.18. The van der Waals surface area contributed by atoms with Crippen LogP contribution in [0.5, 0.6) is 0 Å². The Bertz CT molecular complexity index is 50.9. The molecule has 0 aromatic heterocycles. The molecule has 0 N–H and O–H groups in total. The fraction of sp³-hybridized carbons (Fsp3) is 1.00. The van der Waals surface area contributed by atoms with Gasteiger partial charge in [0.25, 0.3) is 3.85 Å². The number of alkyl halides is 2. The summed E-state index contributed by atoms with van der Waals surface area (Å²) in [6.45, 7) is 0. The van der Waals surface area contributed by atoms with Crippen molar-refractivity contribution < 1.29 is 4.74 Å². The minimum absolute atomic E-state index is 0.708. The van der Waals surface area contributed by atoms with Crippen molar-refractivity contribution in [1.29, 1.82) is 0 Å². The molecule has 5 heteroatoms. The lowest BCUT2D eigenvalue weighted by Crippen LogP contribution is -2.05. The van der Waals surface area contributed by atoms with E-state index in [1.54, 1.807) is 0 Å². The fourth-order valence-corrected chi connectivity index (χ4v) is 0.283. The molecule has 0 saturated heterocycles. The van der Waals surface area contributed by atoms with Crippen LogP contribution in [0, 0.1) is 0 Å². The van der Waals surface area contributed by atoms with Gasteiger partial charge in [0, 0.05) is 18.1 Å². The van der Waals surface area contributed by atoms with Crippen molar-refractivity contribution in [2.75, 3.05) is 7.11 Å². The van der Waals surface area contributed by atoms with Crippen molar-refractivity contribution >= 4 is 44.9 Å². The first-order chi connectivity index (χ1) is 3.12. The molecule has 0 heterocycles.